The maximum absolute atomic E-state index is 6.25. The molecule has 2 rings (SSSR count). The van der Waals surface area contributed by atoms with Crippen LogP contribution in [-0.4, -0.2) is 20.2 Å². The predicted octanol–water partition coefficient (Wildman–Crippen LogP) is 3.08. The van der Waals surface area contributed by atoms with E-state index in [1.165, 1.54) is 0 Å². The van der Waals surface area contributed by atoms with Crippen LogP contribution >= 0.6 is 23.2 Å². The summed E-state index contributed by atoms with van der Waals surface area (Å²) in [5, 5.41) is 4.68. The molecule has 4 heteroatoms. The number of hydrogen-bond donors (Lipinski definition) is 1. The van der Waals surface area contributed by atoms with Gasteiger partial charge in [0, 0.05) is 17.6 Å². The highest BCUT2D eigenvalue weighted by Gasteiger charge is 2.21. The van der Waals surface area contributed by atoms with E-state index in [2.05, 4.69) is 5.32 Å². The molecule has 15 heavy (non-hydrogen) atoms. The standard InChI is InChI=1S/C11H13Cl2NO/c1-15-10-5-8(12)4-9(11(10)13)7-2-3-14-6-7/h4-5,7,14H,2-3,6H2,1H3. The van der Waals surface area contributed by atoms with Crippen molar-refractivity contribution in [1.29, 1.82) is 0 Å². The highest BCUT2D eigenvalue weighted by atomic mass is 35.5. The molecule has 0 aliphatic carbocycles. The summed E-state index contributed by atoms with van der Waals surface area (Å²) in [5.41, 5.74) is 1.09. The molecule has 1 fully saturated rings. The van der Waals surface area contributed by atoms with Gasteiger partial charge in [0.2, 0.25) is 0 Å². The fourth-order valence-electron chi connectivity index (χ4n) is 1.95. The normalized spacial score (nSPS) is 20.6. The zero-order valence-corrected chi connectivity index (χ0v) is 10.0. The Morgan fingerprint density at radius 3 is 2.80 bits per heavy atom. The molecule has 1 saturated heterocycles. The number of methoxy groups -OCH3 is 1. The number of benzene rings is 1. The van der Waals surface area contributed by atoms with Crippen molar-refractivity contribution in [2.45, 2.75) is 12.3 Å². The Hall–Kier alpha value is -0.440. The Morgan fingerprint density at radius 1 is 1.40 bits per heavy atom. The lowest BCUT2D eigenvalue weighted by molar-refractivity contribution is 0.414. The molecule has 1 N–H and O–H groups in total. The van der Waals surface area contributed by atoms with Crippen LogP contribution in [0.15, 0.2) is 12.1 Å². The molecule has 0 saturated carbocycles. The average molecular weight is 246 g/mol. The molecule has 1 atom stereocenters. The van der Waals surface area contributed by atoms with Crippen LogP contribution < -0.4 is 10.1 Å². The molecule has 0 amide bonds. The Kier molecular flexibility index (Phi) is 3.39. The van der Waals surface area contributed by atoms with E-state index < -0.39 is 0 Å². The van der Waals surface area contributed by atoms with Gasteiger partial charge in [0.05, 0.1) is 12.1 Å². The second-order valence-corrected chi connectivity index (χ2v) is 4.52. The fraction of sp³-hybridized carbons (Fsp3) is 0.455. The molecule has 0 bridgehead atoms. The van der Waals surface area contributed by atoms with Crippen LogP contribution in [0.4, 0.5) is 0 Å². The molecule has 82 valence electrons. The Morgan fingerprint density at radius 2 is 2.20 bits per heavy atom. The minimum atomic E-state index is 0.449. The van der Waals surface area contributed by atoms with Crippen molar-refractivity contribution in [2.75, 3.05) is 20.2 Å². The molecule has 1 unspecified atom stereocenters. The Bertz CT molecular complexity index is 362. The van der Waals surface area contributed by atoms with Crippen molar-refractivity contribution in [3.05, 3.63) is 27.7 Å². The van der Waals surface area contributed by atoms with Gasteiger partial charge in [-0.3, -0.25) is 0 Å². The second-order valence-electron chi connectivity index (χ2n) is 3.70. The summed E-state index contributed by atoms with van der Waals surface area (Å²) in [6, 6.07) is 3.68. The minimum absolute atomic E-state index is 0.449. The zero-order valence-electron chi connectivity index (χ0n) is 8.52. The first kappa shape index (κ1) is 11.1. The fourth-order valence-corrected chi connectivity index (χ4v) is 2.51. The first-order valence-corrected chi connectivity index (χ1v) is 5.71. The van der Waals surface area contributed by atoms with Gasteiger partial charge in [-0.05, 0) is 30.5 Å². The number of ether oxygens (including phenoxy) is 1. The Balaban J connectivity index is 2.40. The van der Waals surface area contributed by atoms with Crippen molar-refractivity contribution < 1.29 is 4.74 Å². The van der Waals surface area contributed by atoms with Crippen molar-refractivity contribution in [2.24, 2.45) is 0 Å². The zero-order chi connectivity index (χ0) is 10.8. The predicted molar refractivity (Wildman–Crippen MR) is 63.2 cm³/mol. The summed E-state index contributed by atoms with van der Waals surface area (Å²) in [6.45, 7) is 2.00. The van der Waals surface area contributed by atoms with E-state index >= 15 is 0 Å². The summed E-state index contributed by atoms with van der Waals surface area (Å²) in [5.74, 6) is 1.11. The quantitative estimate of drug-likeness (QED) is 0.865. The third-order valence-corrected chi connectivity index (χ3v) is 3.37. The molecule has 1 heterocycles. The molecule has 1 aliphatic heterocycles. The molecular formula is C11H13Cl2NO. The number of nitrogens with one attached hydrogen (secondary N) is 1. The molecule has 1 aromatic carbocycles. The van der Waals surface area contributed by atoms with E-state index in [-0.39, 0.29) is 0 Å². The monoisotopic (exact) mass is 245 g/mol. The van der Waals surface area contributed by atoms with Crippen molar-refractivity contribution in [3.8, 4) is 5.75 Å². The summed E-state index contributed by atoms with van der Waals surface area (Å²) in [4.78, 5) is 0. The topological polar surface area (TPSA) is 21.3 Å². The molecule has 2 nitrogen and oxygen atoms in total. The van der Waals surface area contributed by atoms with Crippen LogP contribution in [-0.2, 0) is 0 Å². The van der Waals surface area contributed by atoms with E-state index in [1.54, 1.807) is 13.2 Å². The number of hydrogen-bond acceptors (Lipinski definition) is 2. The van der Waals surface area contributed by atoms with E-state index in [0.29, 0.717) is 21.7 Å². The van der Waals surface area contributed by atoms with Gasteiger partial charge in [0.1, 0.15) is 5.75 Å². The van der Waals surface area contributed by atoms with E-state index in [0.717, 1.165) is 25.1 Å². The van der Waals surface area contributed by atoms with Crippen LogP contribution in [0.5, 0.6) is 5.75 Å². The maximum Gasteiger partial charge on any atom is 0.139 e. The SMILES string of the molecule is COc1cc(Cl)cc(C2CCNC2)c1Cl. The summed E-state index contributed by atoms with van der Waals surface area (Å²) in [6.07, 6.45) is 1.10. The van der Waals surface area contributed by atoms with Gasteiger partial charge in [0.25, 0.3) is 0 Å². The van der Waals surface area contributed by atoms with Gasteiger partial charge in [-0.2, -0.15) is 0 Å². The lowest BCUT2D eigenvalue weighted by Crippen LogP contribution is -2.08. The van der Waals surface area contributed by atoms with Crippen LogP contribution in [0.2, 0.25) is 10.0 Å². The lowest BCUT2D eigenvalue weighted by Gasteiger charge is -2.14. The van der Waals surface area contributed by atoms with Crippen molar-refractivity contribution in [1.82, 2.24) is 5.32 Å². The van der Waals surface area contributed by atoms with Crippen LogP contribution in [0.3, 0.4) is 0 Å². The van der Waals surface area contributed by atoms with Crippen LogP contribution in [0.25, 0.3) is 0 Å². The van der Waals surface area contributed by atoms with Crippen molar-refractivity contribution >= 4 is 23.2 Å². The van der Waals surface area contributed by atoms with Gasteiger partial charge < -0.3 is 10.1 Å². The first-order valence-electron chi connectivity index (χ1n) is 4.96. The summed E-state index contributed by atoms with van der Waals surface area (Å²) in [7, 11) is 1.61. The molecular weight excluding hydrogens is 233 g/mol. The van der Waals surface area contributed by atoms with E-state index in [4.69, 9.17) is 27.9 Å². The maximum atomic E-state index is 6.25. The molecule has 0 aromatic heterocycles. The molecule has 1 aliphatic rings. The van der Waals surface area contributed by atoms with Gasteiger partial charge in [-0.1, -0.05) is 23.2 Å². The molecule has 0 spiro atoms. The average Bonchev–Trinajstić information content (AvgIpc) is 2.74. The minimum Gasteiger partial charge on any atom is -0.495 e. The van der Waals surface area contributed by atoms with Gasteiger partial charge >= 0.3 is 0 Å². The lowest BCUT2D eigenvalue weighted by atomic mass is 9.98. The van der Waals surface area contributed by atoms with Crippen molar-refractivity contribution in [3.63, 3.8) is 0 Å². The number of rotatable bonds is 2. The summed E-state index contributed by atoms with van der Waals surface area (Å²) < 4.78 is 5.19. The van der Waals surface area contributed by atoms with E-state index in [9.17, 15) is 0 Å². The molecule has 0 radical (unpaired) electrons. The summed E-state index contributed by atoms with van der Waals surface area (Å²) >= 11 is 12.3. The van der Waals surface area contributed by atoms with Crippen LogP contribution in [0, 0.1) is 0 Å². The first-order chi connectivity index (χ1) is 7.22. The van der Waals surface area contributed by atoms with Gasteiger partial charge in [-0.25, -0.2) is 0 Å². The third kappa shape index (κ3) is 2.22. The smallest absolute Gasteiger partial charge is 0.139 e. The highest BCUT2D eigenvalue weighted by molar-refractivity contribution is 6.35. The highest BCUT2D eigenvalue weighted by Crippen LogP contribution is 2.37. The Labute approximate surface area is 99.5 Å². The van der Waals surface area contributed by atoms with E-state index in [1.807, 2.05) is 6.07 Å². The van der Waals surface area contributed by atoms with Gasteiger partial charge in [0.15, 0.2) is 0 Å². The third-order valence-electron chi connectivity index (χ3n) is 2.75. The molecule has 1 aromatic rings. The van der Waals surface area contributed by atoms with Crippen LogP contribution in [0.1, 0.15) is 17.9 Å². The van der Waals surface area contributed by atoms with Gasteiger partial charge in [-0.15, -0.1) is 0 Å². The number of halogens is 2. The largest absolute Gasteiger partial charge is 0.495 e. The second kappa shape index (κ2) is 4.60.